The Labute approximate surface area is 127 Å². The molecule has 1 fully saturated rings. The number of piperidine rings is 1. The van der Waals surface area contributed by atoms with Gasteiger partial charge in [0.05, 0.1) is 6.61 Å². The minimum atomic E-state index is -0.223. The third-order valence-electron chi connectivity index (χ3n) is 4.04. The van der Waals surface area contributed by atoms with Crippen molar-refractivity contribution in [3.05, 3.63) is 30.1 Å². The van der Waals surface area contributed by atoms with Crippen molar-refractivity contribution >= 4 is 0 Å². The van der Waals surface area contributed by atoms with Crippen LogP contribution >= 0.6 is 0 Å². The van der Waals surface area contributed by atoms with E-state index in [0.717, 1.165) is 38.3 Å². The molecule has 0 spiro atoms. The highest BCUT2D eigenvalue weighted by atomic mass is 19.1. The molecular formula is C17H27FN2O. The highest BCUT2D eigenvalue weighted by molar-refractivity contribution is 5.21. The van der Waals surface area contributed by atoms with Gasteiger partial charge in [-0.05, 0) is 56.6 Å². The van der Waals surface area contributed by atoms with Gasteiger partial charge in [-0.15, -0.1) is 0 Å². The van der Waals surface area contributed by atoms with Crippen molar-refractivity contribution in [3.8, 4) is 5.75 Å². The lowest BCUT2D eigenvalue weighted by molar-refractivity contribution is 0.210. The summed E-state index contributed by atoms with van der Waals surface area (Å²) >= 11 is 0. The van der Waals surface area contributed by atoms with E-state index in [1.54, 1.807) is 12.1 Å². The maximum atomic E-state index is 12.8. The SMILES string of the molecule is CCN(CCCOc1ccc(F)cc1)CC1CCCCN1. The zero-order valence-corrected chi connectivity index (χ0v) is 13.0. The number of hydrogen-bond donors (Lipinski definition) is 1. The summed E-state index contributed by atoms with van der Waals surface area (Å²) in [6, 6.07) is 6.87. The van der Waals surface area contributed by atoms with Crippen LogP contribution in [-0.4, -0.2) is 43.7 Å². The molecule has 1 atom stereocenters. The Morgan fingerprint density at radius 1 is 1.29 bits per heavy atom. The quantitative estimate of drug-likeness (QED) is 0.746. The molecule has 1 aliphatic heterocycles. The topological polar surface area (TPSA) is 24.5 Å². The molecule has 0 aliphatic carbocycles. The Hall–Kier alpha value is -1.13. The fourth-order valence-electron chi connectivity index (χ4n) is 2.78. The maximum Gasteiger partial charge on any atom is 0.123 e. The van der Waals surface area contributed by atoms with E-state index >= 15 is 0 Å². The second kappa shape index (κ2) is 9.00. The van der Waals surface area contributed by atoms with E-state index in [9.17, 15) is 4.39 Å². The predicted octanol–water partition coefficient (Wildman–Crippen LogP) is 3.06. The summed E-state index contributed by atoms with van der Waals surface area (Å²) in [6.07, 6.45) is 4.96. The predicted molar refractivity (Wildman–Crippen MR) is 84.3 cm³/mol. The molecule has 1 unspecified atom stereocenters. The van der Waals surface area contributed by atoms with Crippen molar-refractivity contribution in [2.45, 2.75) is 38.6 Å². The molecule has 1 aliphatic rings. The second-order valence-corrected chi connectivity index (χ2v) is 5.70. The van der Waals surface area contributed by atoms with Crippen LogP contribution in [-0.2, 0) is 0 Å². The first kappa shape index (κ1) is 16.2. The molecule has 0 radical (unpaired) electrons. The Morgan fingerprint density at radius 2 is 2.10 bits per heavy atom. The normalized spacial score (nSPS) is 18.9. The number of benzene rings is 1. The number of halogens is 1. The monoisotopic (exact) mass is 294 g/mol. The molecule has 0 amide bonds. The van der Waals surface area contributed by atoms with Crippen LogP contribution in [0.15, 0.2) is 24.3 Å². The first-order valence-electron chi connectivity index (χ1n) is 8.12. The van der Waals surface area contributed by atoms with Crippen LogP contribution in [0.5, 0.6) is 5.75 Å². The first-order chi connectivity index (χ1) is 10.3. The molecule has 0 saturated carbocycles. The van der Waals surface area contributed by atoms with Gasteiger partial charge in [0.15, 0.2) is 0 Å². The molecule has 1 aromatic rings. The van der Waals surface area contributed by atoms with Gasteiger partial charge < -0.3 is 15.0 Å². The third kappa shape index (κ3) is 6.02. The lowest BCUT2D eigenvalue weighted by Gasteiger charge is -2.29. The van der Waals surface area contributed by atoms with Gasteiger partial charge in [-0.25, -0.2) is 4.39 Å². The van der Waals surface area contributed by atoms with Gasteiger partial charge in [0.25, 0.3) is 0 Å². The average molecular weight is 294 g/mol. The summed E-state index contributed by atoms with van der Waals surface area (Å²) in [5.41, 5.74) is 0. The van der Waals surface area contributed by atoms with Crippen LogP contribution in [0.4, 0.5) is 4.39 Å². The Kier molecular flexibility index (Phi) is 6.96. The smallest absolute Gasteiger partial charge is 0.123 e. The molecule has 1 heterocycles. The van der Waals surface area contributed by atoms with Crippen molar-refractivity contribution in [2.75, 3.05) is 32.8 Å². The number of nitrogens with zero attached hydrogens (tertiary/aromatic N) is 1. The number of likely N-dealkylation sites (N-methyl/N-ethyl adjacent to an activating group) is 1. The Balaban J connectivity index is 1.62. The lowest BCUT2D eigenvalue weighted by atomic mass is 10.0. The van der Waals surface area contributed by atoms with Gasteiger partial charge in [0.1, 0.15) is 11.6 Å². The van der Waals surface area contributed by atoms with E-state index in [0.29, 0.717) is 12.6 Å². The molecule has 0 aromatic heterocycles. The fourth-order valence-corrected chi connectivity index (χ4v) is 2.78. The number of ether oxygens (including phenoxy) is 1. The zero-order valence-electron chi connectivity index (χ0n) is 13.0. The van der Waals surface area contributed by atoms with Crippen molar-refractivity contribution in [3.63, 3.8) is 0 Å². The summed E-state index contributed by atoms with van der Waals surface area (Å²) in [6.45, 7) is 7.32. The molecule has 118 valence electrons. The molecule has 0 bridgehead atoms. The summed E-state index contributed by atoms with van der Waals surface area (Å²) in [7, 11) is 0. The third-order valence-corrected chi connectivity index (χ3v) is 4.04. The van der Waals surface area contributed by atoms with Gasteiger partial charge in [-0.1, -0.05) is 13.3 Å². The largest absolute Gasteiger partial charge is 0.494 e. The van der Waals surface area contributed by atoms with Crippen molar-refractivity contribution in [2.24, 2.45) is 0 Å². The van der Waals surface area contributed by atoms with E-state index in [4.69, 9.17) is 4.74 Å². The van der Waals surface area contributed by atoms with Crippen LogP contribution in [0, 0.1) is 5.82 Å². The van der Waals surface area contributed by atoms with E-state index in [1.807, 2.05) is 0 Å². The average Bonchev–Trinajstić information content (AvgIpc) is 2.53. The number of rotatable bonds is 8. The molecule has 4 heteroatoms. The molecule has 1 aromatic carbocycles. The van der Waals surface area contributed by atoms with Crippen molar-refractivity contribution in [1.29, 1.82) is 0 Å². The minimum absolute atomic E-state index is 0.223. The number of hydrogen-bond acceptors (Lipinski definition) is 3. The lowest BCUT2D eigenvalue weighted by Crippen LogP contribution is -2.44. The van der Waals surface area contributed by atoms with Crippen LogP contribution in [0.3, 0.4) is 0 Å². The summed E-state index contributed by atoms with van der Waals surface area (Å²) in [5, 5.41) is 3.60. The highest BCUT2D eigenvalue weighted by Gasteiger charge is 2.15. The van der Waals surface area contributed by atoms with Crippen molar-refractivity contribution < 1.29 is 9.13 Å². The molecule has 3 nitrogen and oxygen atoms in total. The highest BCUT2D eigenvalue weighted by Crippen LogP contribution is 2.12. The zero-order chi connectivity index (χ0) is 14.9. The summed E-state index contributed by atoms with van der Waals surface area (Å²) in [4.78, 5) is 2.48. The molecular weight excluding hydrogens is 267 g/mol. The summed E-state index contributed by atoms with van der Waals surface area (Å²) in [5.74, 6) is 0.521. The molecule has 21 heavy (non-hydrogen) atoms. The van der Waals surface area contributed by atoms with Gasteiger partial charge in [0, 0.05) is 19.1 Å². The summed E-state index contributed by atoms with van der Waals surface area (Å²) < 4.78 is 18.4. The number of nitrogens with one attached hydrogen (secondary N) is 1. The first-order valence-corrected chi connectivity index (χ1v) is 8.12. The van der Waals surface area contributed by atoms with Gasteiger partial charge in [0.2, 0.25) is 0 Å². The maximum absolute atomic E-state index is 12.8. The Morgan fingerprint density at radius 3 is 2.76 bits per heavy atom. The van der Waals surface area contributed by atoms with Gasteiger partial charge in [-0.3, -0.25) is 0 Å². The van der Waals surface area contributed by atoms with Crippen LogP contribution in [0.2, 0.25) is 0 Å². The standard InChI is InChI=1S/C17H27FN2O/c1-2-20(14-16-6-3-4-11-19-16)12-5-13-21-17-9-7-15(18)8-10-17/h7-10,16,19H,2-6,11-14H2,1H3. The molecule has 2 rings (SSSR count). The Bertz CT molecular complexity index is 390. The van der Waals surface area contributed by atoms with E-state index in [2.05, 4.69) is 17.1 Å². The van der Waals surface area contributed by atoms with Crippen molar-refractivity contribution in [1.82, 2.24) is 10.2 Å². The van der Waals surface area contributed by atoms with Gasteiger partial charge in [-0.2, -0.15) is 0 Å². The van der Waals surface area contributed by atoms with E-state index in [1.165, 1.54) is 31.4 Å². The molecule has 1 saturated heterocycles. The van der Waals surface area contributed by atoms with Gasteiger partial charge >= 0.3 is 0 Å². The van der Waals surface area contributed by atoms with E-state index in [-0.39, 0.29) is 5.82 Å². The van der Waals surface area contributed by atoms with Crippen LogP contribution in [0.25, 0.3) is 0 Å². The van der Waals surface area contributed by atoms with Crippen LogP contribution in [0.1, 0.15) is 32.6 Å². The minimum Gasteiger partial charge on any atom is -0.494 e. The van der Waals surface area contributed by atoms with E-state index < -0.39 is 0 Å². The molecule has 1 N–H and O–H groups in total. The van der Waals surface area contributed by atoms with Crippen LogP contribution < -0.4 is 10.1 Å². The fraction of sp³-hybridized carbons (Fsp3) is 0.647. The second-order valence-electron chi connectivity index (χ2n) is 5.70.